The highest BCUT2D eigenvalue weighted by molar-refractivity contribution is 5.84. The summed E-state index contributed by atoms with van der Waals surface area (Å²) >= 11 is 0. The van der Waals surface area contributed by atoms with Crippen molar-refractivity contribution in [1.82, 2.24) is 0 Å². The van der Waals surface area contributed by atoms with Crippen molar-refractivity contribution in [3.63, 3.8) is 0 Å². The second-order valence-corrected chi connectivity index (χ2v) is 9.40. The molecule has 1 aliphatic carbocycles. The number of rotatable bonds is 3. The predicted molar refractivity (Wildman–Crippen MR) is 114 cm³/mol. The zero-order valence-electron chi connectivity index (χ0n) is 17.8. The van der Waals surface area contributed by atoms with E-state index < -0.39 is 6.09 Å². The van der Waals surface area contributed by atoms with Gasteiger partial charge in [0.15, 0.2) is 0 Å². The number of amides is 1. The number of hydrogen-bond donors (Lipinski definition) is 1. The topological polar surface area (TPSA) is 56.8 Å². The van der Waals surface area contributed by atoms with Crippen LogP contribution in [0, 0.1) is 23.2 Å². The van der Waals surface area contributed by atoms with E-state index in [1.807, 2.05) is 48.5 Å². The molecule has 2 heterocycles. The van der Waals surface area contributed by atoms with E-state index in [0.29, 0.717) is 25.0 Å². The molecule has 2 fully saturated rings. The molecular weight excluding hydrogens is 378 g/mol. The molecule has 0 aromatic heterocycles. The lowest BCUT2D eigenvalue weighted by atomic mass is 9.50. The van der Waals surface area contributed by atoms with Gasteiger partial charge >= 0.3 is 6.09 Å². The first kappa shape index (κ1) is 19.4. The van der Waals surface area contributed by atoms with Gasteiger partial charge in [0.05, 0.1) is 12.7 Å². The van der Waals surface area contributed by atoms with Gasteiger partial charge in [-0.2, -0.15) is 0 Å². The van der Waals surface area contributed by atoms with Gasteiger partial charge in [-0.1, -0.05) is 50.2 Å². The molecule has 30 heavy (non-hydrogen) atoms. The maximum atomic E-state index is 12.4. The van der Waals surface area contributed by atoms with E-state index in [9.17, 15) is 4.79 Å². The largest absolute Gasteiger partial charge is 0.487 e. The quantitative estimate of drug-likeness (QED) is 0.736. The van der Waals surface area contributed by atoms with Crippen molar-refractivity contribution >= 4 is 11.8 Å². The Labute approximate surface area is 177 Å². The van der Waals surface area contributed by atoms with Gasteiger partial charge in [0.1, 0.15) is 18.0 Å². The number of para-hydroxylation sites is 2. The third kappa shape index (κ3) is 2.90. The summed E-state index contributed by atoms with van der Waals surface area (Å²) in [7, 11) is 0. The Bertz CT molecular complexity index is 947. The summed E-state index contributed by atoms with van der Waals surface area (Å²) in [5, 5.41) is 2.82. The molecule has 5 heteroatoms. The summed E-state index contributed by atoms with van der Waals surface area (Å²) in [6.07, 6.45) is 0.518. The molecule has 1 amide bonds. The molecule has 2 bridgehead atoms. The van der Waals surface area contributed by atoms with Crippen molar-refractivity contribution in [3.8, 4) is 5.75 Å². The van der Waals surface area contributed by atoms with Crippen LogP contribution in [0.5, 0.6) is 5.75 Å². The third-order valence-electron chi connectivity index (χ3n) is 7.76. The van der Waals surface area contributed by atoms with E-state index in [0.717, 1.165) is 23.4 Å². The van der Waals surface area contributed by atoms with E-state index in [1.165, 1.54) is 0 Å². The minimum atomic E-state index is -0.421. The molecule has 1 N–H and O–H groups in total. The zero-order chi connectivity index (χ0) is 20.9. The van der Waals surface area contributed by atoms with Crippen LogP contribution in [-0.2, 0) is 9.47 Å². The molecule has 1 saturated carbocycles. The van der Waals surface area contributed by atoms with E-state index in [-0.39, 0.29) is 23.0 Å². The molecule has 2 aliphatic heterocycles. The Kier molecular flexibility index (Phi) is 4.55. The second kappa shape index (κ2) is 7.02. The van der Waals surface area contributed by atoms with Crippen LogP contribution in [0.3, 0.4) is 0 Å². The summed E-state index contributed by atoms with van der Waals surface area (Å²) < 4.78 is 18.8. The highest BCUT2D eigenvalue weighted by Gasteiger charge is 2.64. The van der Waals surface area contributed by atoms with E-state index in [1.54, 1.807) is 0 Å². The van der Waals surface area contributed by atoms with E-state index in [4.69, 9.17) is 14.2 Å². The number of hydrogen-bond acceptors (Lipinski definition) is 4. The van der Waals surface area contributed by atoms with Gasteiger partial charge in [0.25, 0.3) is 0 Å². The van der Waals surface area contributed by atoms with Crippen LogP contribution in [-0.4, -0.2) is 24.9 Å². The minimum Gasteiger partial charge on any atom is -0.487 e. The molecule has 5 rings (SSSR count). The molecule has 5 nitrogen and oxygen atoms in total. The van der Waals surface area contributed by atoms with Gasteiger partial charge < -0.3 is 14.2 Å². The lowest BCUT2D eigenvalue weighted by Gasteiger charge is -2.63. The summed E-state index contributed by atoms with van der Waals surface area (Å²) in [5.74, 6) is 1.75. The average Bonchev–Trinajstić information content (AvgIpc) is 2.73. The van der Waals surface area contributed by atoms with Crippen LogP contribution in [0.1, 0.15) is 38.9 Å². The predicted octanol–water partition coefficient (Wildman–Crippen LogP) is 5.44. The molecule has 2 aromatic rings. The number of carbonyl (C=O) groups excluding carboxylic acids is 1. The lowest BCUT2D eigenvalue weighted by Crippen LogP contribution is -2.66. The van der Waals surface area contributed by atoms with Crippen molar-refractivity contribution in [1.29, 1.82) is 0 Å². The van der Waals surface area contributed by atoms with Crippen LogP contribution >= 0.6 is 0 Å². The fourth-order valence-electron chi connectivity index (χ4n) is 6.13. The van der Waals surface area contributed by atoms with E-state index in [2.05, 4.69) is 32.2 Å². The number of anilines is 1. The number of benzene rings is 2. The minimum absolute atomic E-state index is 0.0220. The van der Waals surface area contributed by atoms with Crippen molar-refractivity contribution in [3.05, 3.63) is 60.2 Å². The van der Waals surface area contributed by atoms with Gasteiger partial charge in [-0.15, -0.1) is 0 Å². The summed E-state index contributed by atoms with van der Waals surface area (Å²) in [4.78, 5) is 12.4. The standard InChI is InChI=1S/C25H29NO4/c1-16-13-24(3)21-17(2)25(16,15-29-23(27)26-18-9-5-4-6-10-18)14-28-22(21)19-11-7-8-12-20(19)30-24/h4-12,16-17,21-22H,13-15H2,1-3H3,(H,26,27)/t16?,17-,21?,22?,24?,25?/m0/s1. The average molecular weight is 408 g/mol. The first-order chi connectivity index (χ1) is 14.4. The molecule has 3 aliphatic rings. The Hall–Kier alpha value is -2.53. The van der Waals surface area contributed by atoms with Crippen molar-refractivity contribution in [2.24, 2.45) is 23.2 Å². The Morgan fingerprint density at radius 2 is 1.87 bits per heavy atom. The highest BCUT2D eigenvalue weighted by Crippen LogP contribution is 2.63. The number of ether oxygens (including phenoxy) is 3. The molecule has 5 unspecified atom stereocenters. The lowest BCUT2D eigenvalue weighted by molar-refractivity contribution is -0.259. The monoisotopic (exact) mass is 407 g/mol. The summed E-state index contributed by atoms with van der Waals surface area (Å²) in [6, 6.07) is 17.6. The van der Waals surface area contributed by atoms with Gasteiger partial charge in [0.2, 0.25) is 0 Å². The third-order valence-corrected chi connectivity index (χ3v) is 7.76. The Balaban J connectivity index is 1.38. The molecule has 6 atom stereocenters. The maximum absolute atomic E-state index is 12.4. The smallest absolute Gasteiger partial charge is 0.411 e. The fraction of sp³-hybridized carbons (Fsp3) is 0.480. The molecule has 0 spiro atoms. The zero-order valence-corrected chi connectivity index (χ0v) is 17.8. The van der Waals surface area contributed by atoms with Crippen LogP contribution < -0.4 is 10.1 Å². The van der Waals surface area contributed by atoms with E-state index >= 15 is 0 Å². The van der Waals surface area contributed by atoms with Crippen molar-refractivity contribution in [2.45, 2.75) is 38.9 Å². The number of nitrogens with one attached hydrogen (secondary N) is 1. The van der Waals surface area contributed by atoms with Crippen LogP contribution in [0.25, 0.3) is 0 Å². The summed E-state index contributed by atoms with van der Waals surface area (Å²) in [5.41, 5.74) is 1.37. The number of fused-ring (bicyclic) bond motifs is 3. The molecule has 2 aromatic carbocycles. The van der Waals surface area contributed by atoms with Crippen molar-refractivity contribution < 1.29 is 19.0 Å². The fourth-order valence-corrected chi connectivity index (χ4v) is 6.13. The Morgan fingerprint density at radius 3 is 2.67 bits per heavy atom. The normalized spacial score (nSPS) is 36.2. The number of carbonyl (C=O) groups is 1. The Morgan fingerprint density at radius 1 is 1.13 bits per heavy atom. The molecule has 0 radical (unpaired) electrons. The van der Waals surface area contributed by atoms with Gasteiger partial charge in [-0.3, -0.25) is 5.32 Å². The maximum Gasteiger partial charge on any atom is 0.411 e. The van der Waals surface area contributed by atoms with Gasteiger partial charge in [0, 0.05) is 22.6 Å². The highest BCUT2D eigenvalue weighted by atomic mass is 16.6. The second-order valence-electron chi connectivity index (χ2n) is 9.40. The molecule has 1 saturated heterocycles. The van der Waals surface area contributed by atoms with Crippen LogP contribution in [0.4, 0.5) is 10.5 Å². The molecule has 158 valence electrons. The first-order valence-electron chi connectivity index (χ1n) is 10.8. The summed E-state index contributed by atoms with van der Waals surface area (Å²) in [6.45, 7) is 7.66. The van der Waals surface area contributed by atoms with Gasteiger partial charge in [-0.05, 0) is 43.4 Å². The molecular formula is C25H29NO4. The van der Waals surface area contributed by atoms with Gasteiger partial charge in [-0.25, -0.2) is 4.79 Å². The van der Waals surface area contributed by atoms with Crippen molar-refractivity contribution in [2.75, 3.05) is 18.5 Å². The van der Waals surface area contributed by atoms with Crippen LogP contribution in [0.2, 0.25) is 0 Å². The SMILES string of the molecule is CC1CC2(C)Oc3ccccc3C3OCC1(COC(=O)Nc1ccccc1)[C@@H](C)C32. The van der Waals surface area contributed by atoms with Crippen LogP contribution in [0.15, 0.2) is 54.6 Å². The first-order valence-corrected chi connectivity index (χ1v) is 10.8.